The average Bonchev–Trinajstić information content (AvgIpc) is 3.13. The average molecular weight is 733 g/mol. The van der Waals surface area contributed by atoms with E-state index in [1.54, 1.807) is 42.5 Å². The normalized spacial score (nSPS) is 18.6. The molecule has 3 aromatic rings. The SMILES string of the molecule is COC(=O)NC(C(=O)Nc1cccc(F)c1CCC1CNCCN1S(=O)(=O)c1ccccc1)C(CCC1CCOCC1)c1ccc(Cl)c(F)c1. The molecule has 2 amide bonds. The Kier molecular flexibility index (Phi) is 13.2. The number of nitrogens with zero attached hydrogens (tertiary/aromatic N) is 1. The number of anilines is 1. The fourth-order valence-corrected chi connectivity index (χ4v) is 8.53. The van der Waals surface area contributed by atoms with Gasteiger partial charge in [0.25, 0.3) is 0 Å². The summed E-state index contributed by atoms with van der Waals surface area (Å²) in [4.78, 5) is 26.9. The summed E-state index contributed by atoms with van der Waals surface area (Å²) in [5.41, 5.74) is 0.828. The molecule has 270 valence electrons. The van der Waals surface area contributed by atoms with Crippen LogP contribution >= 0.6 is 11.6 Å². The van der Waals surface area contributed by atoms with Gasteiger partial charge in [-0.1, -0.05) is 41.9 Å². The molecule has 3 atom stereocenters. The minimum absolute atomic E-state index is 0.0773. The fourth-order valence-electron chi connectivity index (χ4n) is 6.74. The van der Waals surface area contributed by atoms with E-state index in [0.717, 1.165) is 12.8 Å². The number of hydrogen-bond donors (Lipinski definition) is 3. The lowest BCUT2D eigenvalue weighted by atomic mass is 9.82. The minimum atomic E-state index is -3.80. The van der Waals surface area contributed by atoms with Crippen LogP contribution in [-0.2, 0) is 30.7 Å². The molecular weight excluding hydrogens is 690 g/mol. The Morgan fingerprint density at radius 2 is 1.80 bits per heavy atom. The summed E-state index contributed by atoms with van der Waals surface area (Å²) in [7, 11) is -2.62. The molecule has 2 aliphatic rings. The van der Waals surface area contributed by atoms with Crippen LogP contribution in [-0.4, -0.2) is 76.8 Å². The second kappa shape index (κ2) is 17.5. The molecule has 2 aliphatic heterocycles. The van der Waals surface area contributed by atoms with Crippen molar-refractivity contribution in [3.63, 3.8) is 0 Å². The maximum Gasteiger partial charge on any atom is 0.407 e. The van der Waals surface area contributed by atoms with E-state index in [0.29, 0.717) is 50.6 Å². The Morgan fingerprint density at radius 1 is 1.04 bits per heavy atom. The van der Waals surface area contributed by atoms with Gasteiger partial charge in [0.15, 0.2) is 0 Å². The van der Waals surface area contributed by atoms with Crippen LogP contribution < -0.4 is 16.0 Å². The van der Waals surface area contributed by atoms with Crippen LogP contribution in [0.2, 0.25) is 5.02 Å². The van der Waals surface area contributed by atoms with Crippen molar-refractivity contribution in [3.8, 4) is 0 Å². The fraction of sp³-hybridized carbons (Fsp3) is 0.444. The van der Waals surface area contributed by atoms with Gasteiger partial charge in [-0.25, -0.2) is 22.0 Å². The maximum atomic E-state index is 15.5. The van der Waals surface area contributed by atoms with Crippen molar-refractivity contribution >= 4 is 39.3 Å². The van der Waals surface area contributed by atoms with Gasteiger partial charge >= 0.3 is 6.09 Å². The van der Waals surface area contributed by atoms with Crippen LogP contribution in [0.3, 0.4) is 0 Å². The lowest BCUT2D eigenvalue weighted by molar-refractivity contribution is -0.118. The molecule has 2 fully saturated rings. The van der Waals surface area contributed by atoms with Gasteiger partial charge in [-0.15, -0.1) is 0 Å². The Morgan fingerprint density at radius 3 is 2.52 bits per heavy atom. The third-order valence-electron chi connectivity index (χ3n) is 9.49. The predicted molar refractivity (Wildman–Crippen MR) is 187 cm³/mol. The summed E-state index contributed by atoms with van der Waals surface area (Å²) >= 11 is 5.99. The lowest BCUT2D eigenvalue weighted by Gasteiger charge is -2.35. The molecule has 2 saturated heterocycles. The first-order valence-electron chi connectivity index (χ1n) is 16.8. The molecule has 50 heavy (non-hydrogen) atoms. The highest BCUT2D eigenvalue weighted by Crippen LogP contribution is 2.33. The van der Waals surface area contributed by atoms with Gasteiger partial charge in [0, 0.05) is 56.1 Å². The number of carbonyl (C=O) groups excluding carboxylic acids is 2. The van der Waals surface area contributed by atoms with Crippen molar-refractivity contribution in [2.24, 2.45) is 5.92 Å². The van der Waals surface area contributed by atoms with Crippen LogP contribution in [0.5, 0.6) is 0 Å². The quantitative estimate of drug-likeness (QED) is 0.201. The van der Waals surface area contributed by atoms with Crippen LogP contribution in [0.25, 0.3) is 0 Å². The summed E-state index contributed by atoms with van der Waals surface area (Å²) in [6.07, 6.45) is 2.31. The second-order valence-electron chi connectivity index (χ2n) is 12.6. The second-order valence-corrected chi connectivity index (χ2v) is 14.9. The van der Waals surface area contributed by atoms with Crippen LogP contribution in [0.1, 0.15) is 49.1 Å². The summed E-state index contributed by atoms with van der Waals surface area (Å²) < 4.78 is 69.1. The van der Waals surface area contributed by atoms with Gasteiger partial charge in [-0.2, -0.15) is 4.31 Å². The van der Waals surface area contributed by atoms with Crippen molar-refractivity contribution in [1.82, 2.24) is 14.9 Å². The van der Waals surface area contributed by atoms with Gasteiger partial charge in [0.1, 0.15) is 17.7 Å². The van der Waals surface area contributed by atoms with Crippen LogP contribution in [0.4, 0.5) is 19.3 Å². The van der Waals surface area contributed by atoms with E-state index < -0.39 is 51.7 Å². The van der Waals surface area contributed by atoms with E-state index in [2.05, 4.69) is 16.0 Å². The number of amides is 2. The standard InChI is InChI=1S/C36H43ClF2N4O6S/c1-48-36(45)42-34(28(13-10-24-16-20-49-21-17-24)25-11-15-30(37)32(39)22-25)35(44)41-33-9-5-8-31(38)29(33)14-12-26-23-40-18-19-43(26)50(46,47)27-6-3-2-4-7-27/h2-9,11,15,22,24,26,28,34,40H,10,12-14,16-21,23H2,1H3,(H,41,44)(H,42,45). The number of piperazine rings is 1. The summed E-state index contributed by atoms with van der Waals surface area (Å²) in [6, 6.07) is 15.1. The molecule has 5 rings (SSSR count). The van der Waals surface area contributed by atoms with Crippen molar-refractivity contribution in [2.75, 3.05) is 45.3 Å². The first kappa shape index (κ1) is 37.6. The molecule has 3 unspecified atom stereocenters. The van der Waals surface area contributed by atoms with Crippen molar-refractivity contribution < 1.29 is 36.3 Å². The zero-order valence-corrected chi connectivity index (χ0v) is 29.4. The number of methoxy groups -OCH3 is 1. The van der Waals surface area contributed by atoms with Crippen molar-refractivity contribution in [2.45, 2.75) is 61.4 Å². The molecule has 0 radical (unpaired) electrons. The van der Waals surface area contributed by atoms with Crippen LogP contribution in [0, 0.1) is 17.6 Å². The summed E-state index contributed by atoms with van der Waals surface area (Å²) in [5, 5.41) is 8.60. The summed E-state index contributed by atoms with van der Waals surface area (Å²) in [5.74, 6) is -2.25. The molecule has 10 nitrogen and oxygen atoms in total. The highest BCUT2D eigenvalue weighted by atomic mass is 35.5. The Balaban J connectivity index is 1.39. The first-order valence-corrected chi connectivity index (χ1v) is 18.6. The Hall–Kier alpha value is -3.62. The topological polar surface area (TPSA) is 126 Å². The van der Waals surface area contributed by atoms with Crippen molar-refractivity contribution in [1.29, 1.82) is 0 Å². The van der Waals surface area contributed by atoms with E-state index in [4.69, 9.17) is 21.1 Å². The molecular formula is C36H43ClF2N4O6S. The van der Waals surface area contributed by atoms with Gasteiger partial charge < -0.3 is 25.4 Å². The van der Waals surface area contributed by atoms with E-state index in [1.165, 1.54) is 35.7 Å². The Labute approximate surface area is 296 Å². The number of sulfonamides is 1. The van der Waals surface area contributed by atoms with Gasteiger partial charge in [0.05, 0.1) is 17.0 Å². The third kappa shape index (κ3) is 9.38. The number of nitrogens with one attached hydrogen (secondary N) is 3. The monoisotopic (exact) mass is 732 g/mol. The predicted octanol–water partition coefficient (Wildman–Crippen LogP) is 5.87. The zero-order valence-electron chi connectivity index (χ0n) is 27.9. The molecule has 14 heteroatoms. The number of benzene rings is 3. The molecule has 0 bridgehead atoms. The van der Waals surface area contributed by atoms with Crippen molar-refractivity contribution in [3.05, 3.63) is 94.5 Å². The number of halogens is 3. The third-order valence-corrected chi connectivity index (χ3v) is 11.8. The number of rotatable bonds is 13. The molecule has 0 aromatic heterocycles. The highest BCUT2D eigenvalue weighted by molar-refractivity contribution is 7.89. The molecule has 0 saturated carbocycles. The number of ether oxygens (including phenoxy) is 2. The highest BCUT2D eigenvalue weighted by Gasteiger charge is 2.35. The van der Waals surface area contributed by atoms with Gasteiger partial charge in [-0.3, -0.25) is 4.79 Å². The molecule has 3 aromatic carbocycles. The maximum absolute atomic E-state index is 15.5. The number of hydrogen-bond acceptors (Lipinski definition) is 7. The molecule has 2 heterocycles. The van der Waals surface area contributed by atoms with E-state index in [9.17, 15) is 22.4 Å². The number of carbonyl (C=O) groups is 2. The Bertz CT molecular complexity index is 1730. The zero-order chi connectivity index (χ0) is 35.7. The van der Waals surface area contributed by atoms with E-state index >= 15 is 4.39 Å². The summed E-state index contributed by atoms with van der Waals surface area (Å²) in [6.45, 7) is 2.37. The lowest BCUT2D eigenvalue weighted by Crippen LogP contribution is -2.53. The van der Waals surface area contributed by atoms with E-state index in [1.807, 2.05) is 0 Å². The first-order chi connectivity index (χ1) is 24.1. The van der Waals surface area contributed by atoms with E-state index in [-0.39, 0.29) is 40.6 Å². The molecule has 0 aliphatic carbocycles. The van der Waals surface area contributed by atoms with Gasteiger partial charge in [-0.05, 0) is 86.4 Å². The van der Waals surface area contributed by atoms with Gasteiger partial charge in [0.2, 0.25) is 15.9 Å². The molecule has 3 N–H and O–H groups in total. The largest absolute Gasteiger partial charge is 0.453 e. The number of alkyl carbamates (subject to hydrolysis) is 1. The smallest absolute Gasteiger partial charge is 0.407 e. The molecule has 0 spiro atoms. The van der Waals surface area contributed by atoms with Crippen LogP contribution in [0.15, 0.2) is 71.6 Å². The minimum Gasteiger partial charge on any atom is -0.453 e.